The summed E-state index contributed by atoms with van der Waals surface area (Å²) in [6.45, 7) is 0.0226. The lowest BCUT2D eigenvalue weighted by Gasteiger charge is -2.09. The first-order chi connectivity index (χ1) is 7.63. The maximum atomic E-state index is 11.7. The van der Waals surface area contributed by atoms with Crippen molar-refractivity contribution >= 4 is 22.5 Å². The predicted octanol–water partition coefficient (Wildman–Crippen LogP) is 1.73. The van der Waals surface area contributed by atoms with E-state index in [0.29, 0.717) is 11.4 Å². The van der Waals surface area contributed by atoms with Crippen molar-refractivity contribution in [2.75, 3.05) is 6.61 Å². The second kappa shape index (κ2) is 4.28. The van der Waals surface area contributed by atoms with E-state index >= 15 is 0 Å². The molecule has 1 aromatic heterocycles. The van der Waals surface area contributed by atoms with Crippen LogP contribution in [0.3, 0.4) is 0 Å². The van der Waals surface area contributed by atoms with Crippen LogP contribution in [0.15, 0.2) is 29.1 Å². The molecule has 0 radical (unpaired) electrons. The Morgan fingerprint density at radius 1 is 1.38 bits per heavy atom. The van der Waals surface area contributed by atoms with E-state index in [2.05, 4.69) is 0 Å². The van der Waals surface area contributed by atoms with Crippen molar-refractivity contribution in [3.05, 3.63) is 45.2 Å². The van der Waals surface area contributed by atoms with Crippen molar-refractivity contribution in [3.8, 4) is 0 Å². The molecule has 0 unspecified atom stereocenters. The lowest BCUT2D eigenvalue weighted by molar-refractivity contribution is 0.300. The second-order valence-electron chi connectivity index (χ2n) is 3.70. The summed E-state index contributed by atoms with van der Waals surface area (Å²) in [5.41, 5.74) is 1.60. The number of aliphatic hydroxyl groups excluding tert-OH is 1. The number of halogens is 1. The van der Waals surface area contributed by atoms with E-state index < -0.39 is 0 Å². The van der Waals surface area contributed by atoms with Crippen LogP contribution in [-0.4, -0.2) is 16.3 Å². The van der Waals surface area contributed by atoms with Gasteiger partial charge in [0.1, 0.15) is 0 Å². The van der Waals surface area contributed by atoms with E-state index in [1.54, 1.807) is 23.7 Å². The Hall–Kier alpha value is -1.32. The Labute approximate surface area is 97.9 Å². The van der Waals surface area contributed by atoms with Crippen molar-refractivity contribution in [1.29, 1.82) is 0 Å². The molecular formula is C12H12ClNO2. The van der Waals surface area contributed by atoms with Crippen LogP contribution in [0.4, 0.5) is 0 Å². The van der Waals surface area contributed by atoms with Crippen LogP contribution < -0.4 is 5.56 Å². The number of nitrogens with zero attached hydrogens (tertiary/aromatic N) is 1. The zero-order chi connectivity index (χ0) is 11.7. The number of pyridine rings is 1. The molecule has 0 atom stereocenters. The first-order valence-corrected chi connectivity index (χ1v) is 5.40. The molecule has 2 aromatic rings. The highest BCUT2D eigenvalue weighted by atomic mass is 35.5. The molecular weight excluding hydrogens is 226 g/mol. The highest BCUT2D eigenvalue weighted by molar-refractivity contribution is 6.31. The summed E-state index contributed by atoms with van der Waals surface area (Å²) in [4.78, 5) is 11.7. The summed E-state index contributed by atoms with van der Waals surface area (Å²) < 4.78 is 1.58. The van der Waals surface area contributed by atoms with Crippen molar-refractivity contribution in [1.82, 2.24) is 4.57 Å². The summed E-state index contributed by atoms with van der Waals surface area (Å²) in [7, 11) is 1.72. The molecule has 3 nitrogen and oxygen atoms in total. The van der Waals surface area contributed by atoms with E-state index in [1.165, 1.54) is 0 Å². The van der Waals surface area contributed by atoms with Crippen molar-refractivity contribution in [2.45, 2.75) is 6.42 Å². The van der Waals surface area contributed by atoms with Gasteiger partial charge in [0.05, 0.1) is 5.52 Å². The molecule has 0 fully saturated rings. The van der Waals surface area contributed by atoms with Gasteiger partial charge >= 0.3 is 0 Å². The Morgan fingerprint density at radius 3 is 2.81 bits per heavy atom. The molecule has 1 N–H and O–H groups in total. The zero-order valence-electron chi connectivity index (χ0n) is 8.90. The van der Waals surface area contributed by atoms with Gasteiger partial charge in [-0.2, -0.15) is 0 Å². The third kappa shape index (κ3) is 1.84. The molecule has 0 spiro atoms. The number of hydrogen-bond acceptors (Lipinski definition) is 2. The highest BCUT2D eigenvalue weighted by Gasteiger charge is 2.06. The van der Waals surface area contributed by atoms with E-state index in [1.807, 2.05) is 12.1 Å². The van der Waals surface area contributed by atoms with Crippen molar-refractivity contribution < 1.29 is 5.11 Å². The number of hydrogen-bond donors (Lipinski definition) is 1. The van der Waals surface area contributed by atoms with E-state index in [-0.39, 0.29) is 12.2 Å². The van der Waals surface area contributed by atoms with Gasteiger partial charge in [-0.3, -0.25) is 4.79 Å². The van der Waals surface area contributed by atoms with Gasteiger partial charge < -0.3 is 9.67 Å². The third-order valence-corrected chi connectivity index (χ3v) is 2.91. The SMILES string of the molecule is Cn1c(=O)cc(CCO)c2cc(Cl)ccc21. The standard InChI is InChI=1S/C12H12ClNO2/c1-14-11-3-2-9(13)7-10(11)8(4-5-15)6-12(14)16/h2-3,6-7,15H,4-5H2,1H3. The molecule has 2 rings (SSSR count). The van der Waals surface area contributed by atoms with Gasteiger partial charge in [-0.05, 0) is 30.2 Å². The number of aryl methyl sites for hydroxylation is 1. The molecule has 0 aliphatic rings. The van der Waals surface area contributed by atoms with Gasteiger partial charge in [0.2, 0.25) is 0 Å². The topological polar surface area (TPSA) is 42.2 Å². The summed E-state index contributed by atoms with van der Waals surface area (Å²) in [6, 6.07) is 6.95. The molecule has 4 heteroatoms. The second-order valence-corrected chi connectivity index (χ2v) is 4.14. The molecule has 1 aromatic carbocycles. The summed E-state index contributed by atoms with van der Waals surface area (Å²) in [5.74, 6) is 0. The number of fused-ring (bicyclic) bond motifs is 1. The van der Waals surface area contributed by atoms with Crippen LogP contribution in [0.1, 0.15) is 5.56 Å². The molecule has 0 saturated heterocycles. The third-order valence-electron chi connectivity index (χ3n) is 2.68. The van der Waals surface area contributed by atoms with Crippen molar-refractivity contribution in [2.24, 2.45) is 7.05 Å². The molecule has 1 heterocycles. The summed E-state index contributed by atoms with van der Waals surface area (Å²) >= 11 is 5.93. The van der Waals surface area contributed by atoms with Crippen LogP contribution in [0.5, 0.6) is 0 Å². The normalized spacial score (nSPS) is 10.9. The fourth-order valence-electron chi connectivity index (χ4n) is 1.83. The summed E-state index contributed by atoms with van der Waals surface area (Å²) in [6.07, 6.45) is 0.465. The van der Waals surface area contributed by atoms with Gasteiger partial charge in [-0.15, -0.1) is 0 Å². The first-order valence-electron chi connectivity index (χ1n) is 5.02. The highest BCUT2D eigenvalue weighted by Crippen LogP contribution is 2.21. The Balaban J connectivity index is 2.84. The predicted molar refractivity (Wildman–Crippen MR) is 65.0 cm³/mol. The number of benzene rings is 1. The largest absolute Gasteiger partial charge is 0.396 e. The van der Waals surface area contributed by atoms with Crippen LogP contribution in [-0.2, 0) is 13.5 Å². The molecule has 0 aliphatic heterocycles. The number of aliphatic hydroxyl groups is 1. The van der Waals surface area contributed by atoms with E-state index in [0.717, 1.165) is 16.5 Å². The Bertz CT molecular complexity index is 589. The fourth-order valence-corrected chi connectivity index (χ4v) is 2.00. The lowest BCUT2D eigenvalue weighted by atomic mass is 10.1. The molecule has 16 heavy (non-hydrogen) atoms. The number of aromatic nitrogens is 1. The van der Waals surface area contributed by atoms with Gasteiger partial charge in [0.15, 0.2) is 0 Å². The average Bonchev–Trinajstić information content (AvgIpc) is 2.26. The summed E-state index contributed by atoms with van der Waals surface area (Å²) in [5, 5.41) is 10.5. The molecule has 0 saturated carbocycles. The van der Waals surface area contributed by atoms with E-state index in [9.17, 15) is 4.79 Å². The number of rotatable bonds is 2. The van der Waals surface area contributed by atoms with Gasteiger partial charge in [-0.1, -0.05) is 11.6 Å². The fraction of sp³-hybridized carbons (Fsp3) is 0.250. The van der Waals surface area contributed by atoms with Crippen LogP contribution in [0.2, 0.25) is 5.02 Å². The molecule has 0 bridgehead atoms. The van der Waals surface area contributed by atoms with Crippen molar-refractivity contribution in [3.63, 3.8) is 0 Å². The van der Waals surface area contributed by atoms with Crippen LogP contribution >= 0.6 is 11.6 Å². The minimum absolute atomic E-state index is 0.0226. The molecule has 84 valence electrons. The van der Waals surface area contributed by atoms with Gasteiger partial charge in [-0.25, -0.2) is 0 Å². The minimum Gasteiger partial charge on any atom is -0.396 e. The molecule has 0 amide bonds. The maximum absolute atomic E-state index is 11.7. The quantitative estimate of drug-likeness (QED) is 0.864. The minimum atomic E-state index is -0.0710. The first kappa shape index (κ1) is 11.2. The monoisotopic (exact) mass is 237 g/mol. The zero-order valence-corrected chi connectivity index (χ0v) is 9.66. The Morgan fingerprint density at radius 2 is 2.12 bits per heavy atom. The lowest BCUT2D eigenvalue weighted by Crippen LogP contribution is -2.17. The van der Waals surface area contributed by atoms with E-state index in [4.69, 9.17) is 16.7 Å². The smallest absolute Gasteiger partial charge is 0.251 e. The van der Waals surface area contributed by atoms with Gasteiger partial charge in [0.25, 0.3) is 5.56 Å². The molecule has 0 aliphatic carbocycles. The average molecular weight is 238 g/mol. The van der Waals surface area contributed by atoms with Crippen LogP contribution in [0.25, 0.3) is 10.9 Å². The van der Waals surface area contributed by atoms with Crippen LogP contribution in [0, 0.1) is 0 Å². The Kier molecular flexibility index (Phi) is 2.99. The maximum Gasteiger partial charge on any atom is 0.251 e. The van der Waals surface area contributed by atoms with Gasteiger partial charge in [0, 0.05) is 30.1 Å².